The van der Waals surface area contributed by atoms with E-state index in [1.165, 1.54) is 0 Å². The molecule has 16 heavy (non-hydrogen) atoms. The summed E-state index contributed by atoms with van der Waals surface area (Å²) in [5.74, 6) is 0. The molecule has 2 rings (SSSR count). The second kappa shape index (κ2) is 4.19. The average Bonchev–Trinajstić information content (AvgIpc) is 2.15. The Morgan fingerprint density at radius 3 is 2.31 bits per heavy atom. The highest BCUT2D eigenvalue weighted by atomic mass is 16.5. The van der Waals surface area contributed by atoms with Crippen molar-refractivity contribution in [3.63, 3.8) is 0 Å². The summed E-state index contributed by atoms with van der Waals surface area (Å²) in [6.45, 7) is 6.11. The van der Waals surface area contributed by atoms with E-state index in [1.54, 1.807) is 0 Å². The maximum absolute atomic E-state index is 10.8. The van der Waals surface area contributed by atoms with E-state index in [0.29, 0.717) is 12.8 Å². The monoisotopic (exact) mass is 220 g/mol. The maximum atomic E-state index is 10.8. The number of benzene rings is 1. The number of hydrogen-bond donors (Lipinski definition) is 1. The Kier molecular flexibility index (Phi) is 3.04. The zero-order chi connectivity index (χ0) is 11.8. The molecule has 1 aliphatic rings. The third kappa shape index (κ3) is 2.13. The predicted octanol–water partition coefficient (Wildman–Crippen LogP) is 2.77. The van der Waals surface area contributed by atoms with Gasteiger partial charge in [0.1, 0.15) is 0 Å². The molecular formula is C14H20O2. The van der Waals surface area contributed by atoms with Gasteiger partial charge in [0.15, 0.2) is 0 Å². The van der Waals surface area contributed by atoms with Gasteiger partial charge in [0.05, 0.1) is 17.8 Å². The Morgan fingerprint density at radius 2 is 1.75 bits per heavy atom. The molecule has 0 aliphatic carbocycles. The molecule has 1 aromatic carbocycles. The predicted molar refractivity (Wildman–Crippen MR) is 64.3 cm³/mol. The van der Waals surface area contributed by atoms with Gasteiger partial charge in [-0.3, -0.25) is 0 Å². The highest BCUT2D eigenvalue weighted by Crippen LogP contribution is 2.38. The standard InChI is InChI=1S/C14H20O2/c1-10-6-4-5-7-13(10)14(15)8-11(2)16-12(3)9-14/h4-7,11-12,15H,8-9H2,1-3H3. The molecule has 2 heteroatoms. The first-order valence-electron chi connectivity index (χ1n) is 5.95. The molecule has 2 unspecified atom stereocenters. The number of aliphatic hydroxyl groups is 1. The van der Waals surface area contributed by atoms with E-state index in [1.807, 2.05) is 32.0 Å². The van der Waals surface area contributed by atoms with E-state index in [-0.39, 0.29) is 12.2 Å². The molecule has 88 valence electrons. The molecule has 1 heterocycles. The zero-order valence-electron chi connectivity index (χ0n) is 10.2. The van der Waals surface area contributed by atoms with Crippen LogP contribution in [-0.2, 0) is 10.3 Å². The zero-order valence-corrected chi connectivity index (χ0v) is 10.2. The van der Waals surface area contributed by atoms with Gasteiger partial charge in [-0.25, -0.2) is 0 Å². The molecule has 0 amide bonds. The molecule has 1 N–H and O–H groups in total. The fourth-order valence-electron chi connectivity index (χ4n) is 2.84. The number of ether oxygens (including phenoxy) is 1. The summed E-state index contributed by atoms with van der Waals surface area (Å²) in [4.78, 5) is 0. The third-order valence-electron chi connectivity index (χ3n) is 3.36. The van der Waals surface area contributed by atoms with Crippen LogP contribution >= 0.6 is 0 Å². The molecule has 1 saturated heterocycles. The highest BCUT2D eigenvalue weighted by Gasteiger charge is 2.38. The van der Waals surface area contributed by atoms with Crippen LogP contribution in [0.4, 0.5) is 0 Å². The van der Waals surface area contributed by atoms with Crippen LogP contribution in [0.15, 0.2) is 24.3 Å². The lowest BCUT2D eigenvalue weighted by Gasteiger charge is -2.40. The second-order valence-corrected chi connectivity index (χ2v) is 5.01. The van der Waals surface area contributed by atoms with Crippen LogP contribution in [0.5, 0.6) is 0 Å². The van der Waals surface area contributed by atoms with Crippen LogP contribution < -0.4 is 0 Å². The van der Waals surface area contributed by atoms with Gasteiger partial charge in [-0.1, -0.05) is 24.3 Å². The fourth-order valence-corrected chi connectivity index (χ4v) is 2.84. The summed E-state index contributed by atoms with van der Waals surface area (Å²) in [6.07, 6.45) is 1.60. The van der Waals surface area contributed by atoms with Crippen molar-refractivity contribution in [2.75, 3.05) is 0 Å². The van der Waals surface area contributed by atoms with E-state index in [0.717, 1.165) is 11.1 Å². The minimum Gasteiger partial charge on any atom is -0.385 e. The second-order valence-electron chi connectivity index (χ2n) is 5.01. The molecule has 0 spiro atoms. The summed E-state index contributed by atoms with van der Waals surface area (Å²) < 4.78 is 5.68. The van der Waals surface area contributed by atoms with Crippen molar-refractivity contribution in [1.82, 2.24) is 0 Å². The van der Waals surface area contributed by atoms with E-state index in [4.69, 9.17) is 4.74 Å². The molecule has 0 saturated carbocycles. The lowest BCUT2D eigenvalue weighted by atomic mass is 9.80. The van der Waals surface area contributed by atoms with E-state index in [2.05, 4.69) is 13.0 Å². The van der Waals surface area contributed by atoms with Crippen molar-refractivity contribution in [3.05, 3.63) is 35.4 Å². The average molecular weight is 220 g/mol. The van der Waals surface area contributed by atoms with Gasteiger partial charge >= 0.3 is 0 Å². The van der Waals surface area contributed by atoms with Gasteiger partial charge in [-0.05, 0) is 31.9 Å². The van der Waals surface area contributed by atoms with Crippen molar-refractivity contribution >= 4 is 0 Å². The maximum Gasteiger partial charge on any atom is 0.0948 e. The van der Waals surface area contributed by atoms with Crippen molar-refractivity contribution in [2.45, 2.75) is 51.4 Å². The fraction of sp³-hybridized carbons (Fsp3) is 0.571. The molecular weight excluding hydrogens is 200 g/mol. The first-order valence-corrected chi connectivity index (χ1v) is 5.95. The Morgan fingerprint density at radius 1 is 1.19 bits per heavy atom. The van der Waals surface area contributed by atoms with E-state index >= 15 is 0 Å². The molecule has 2 nitrogen and oxygen atoms in total. The lowest BCUT2D eigenvalue weighted by molar-refractivity contribution is -0.136. The molecule has 2 atom stereocenters. The third-order valence-corrected chi connectivity index (χ3v) is 3.36. The summed E-state index contributed by atoms with van der Waals surface area (Å²) >= 11 is 0. The molecule has 0 aromatic heterocycles. The number of rotatable bonds is 1. The Hall–Kier alpha value is -0.860. The first-order chi connectivity index (χ1) is 7.51. The summed E-state index contributed by atoms with van der Waals surface area (Å²) in [5, 5.41) is 10.8. The van der Waals surface area contributed by atoms with Gasteiger partial charge in [0, 0.05) is 12.8 Å². The minimum absolute atomic E-state index is 0.119. The number of aryl methyl sites for hydroxylation is 1. The van der Waals surface area contributed by atoms with Crippen LogP contribution in [0, 0.1) is 6.92 Å². The van der Waals surface area contributed by atoms with Crippen molar-refractivity contribution < 1.29 is 9.84 Å². The van der Waals surface area contributed by atoms with Gasteiger partial charge in [-0.15, -0.1) is 0 Å². The Labute approximate surface area is 97.3 Å². The normalized spacial score (nSPS) is 35.0. The van der Waals surface area contributed by atoms with Gasteiger partial charge < -0.3 is 9.84 Å². The largest absolute Gasteiger partial charge is 0.385 e. The van der Waals surface area contributed by atoms with Crippen molar-refractivity contribution in [2.24, 2.45) is 0 Å². The van der Waals surface area contributed by atoms with Crippen molar-refractivity contribution in [3.8, 4) is 0 Å². The van der Waals surface area contributed by atoms with E-state index < -0.39 is 5.60 Å². The Balaban J connectivity index is 2.34. The smallest absolute Gasteiger partial charge is 0.0948 e. The highest BCUT2D eigenvalue weighted by molar-refractivity contribution is 5.31. The van der Waals surface area contributed by atoms with E-state index in [9.17, 15) is 5.11 Å². The quantitative estimate of drug-likeness (QED) is 0.788. The minimum atomic E-state index is -0.720. The van der Waals surface area contributed by atoms with Crippen LogP contribution in [0.1, 0.15) is 37.8 Å². The van der Waals surface area contributed by atoms with Crippen LogP contribution in [0.2, 0.25) is 0 Å². The first kappa shape index (κ1) is 11.6. The molecule has 1 fully saturated rings. The molecule has 1 aromatic rings. The summed E-state index contributed by atoms with van der Waals surface area (Å²) in [7, 11) is 0. The van der Waals surface area contributed by atoms with Gasteiger partial charge in [0.2, 0.25) is 0 Å². The summed E-state index contributed by atoms with van der Waals surface area (Å²) in [5.41, 5.74) is 1.49. The van der Waals surface area contributed by atoms with Gasteiger partial charge in [-0.2, -0.15) is 0 Å². The van der Waals surface area contributed by atoms with Crippen LogP contribution in [-0.4, -0.2) is 17.3 Å². The molecule has 1 aliphatic heterocycles. The lowest BCUT2D eigenvalue weighted by Crippen LogP contribution is -2.41. The van der Waals surface area contributed by atoms with Crippen molar-refractivity contribution in [1.29, 1.82) is 0 Å². The number of hydrogen-bond acceptors (Lipinski definition) is 2. The topological polar surface area (TPSA) is 29.5 Å². The molecule has 0 bridgehead atoms. The summed E-state index contributed by atoms with van der Waals surface area (Å²) in [6, 6.07) is 8.08. The van der Waals surface area contributed by atoms with Gasteiger partial charge in [0.25, 0.3) is 0 Å². The Bertz CT molecular complexity index is 363. The SMILES string of the molecule is Cc1ccccc1C1(O)CC(C)OC(C)C1. The molecule has 0 radical (unpaired) electrons. The van der Waals surface area contributed by atoms with Crippen LogP contribution in [0.3, 0.4) is 0 Å². The van der Waals surface area contributed by atoms with Crippen LogP contribution in [0.25, 0.3) is 0 Å².